The second kappa shape index (κ2) is 5.99. The van der Waals surface area contributed by atoms with Crippen molar-refractivity contribution in [3.05, 3.63) is 94.2 Å². The molecule has 2 aromatic carbocycles. The highest BCUT2D eigenvalue weighted by Crippen LogP contribution is 2.31. The van der Waals surface area contributed by atoms with Crippen LogP contribution in [0, 0.1) is 0 Å². The Morgan fingerprint density at radius 2 is 1.14 bits per heavy atom. The standard InChI is InChI=1S/C21H20/c1-16-13-18(14-17(16)2)15-21(19-9-5-3-6-10-19)20-11-7-4-8-12-20/h3-12H,13-14H2,1-2H3. The molecule has 0 amide bonds. The molecule has 1 aliphatic rings. The fourth-order valence-electron chi connectivity index (χ4n) is 2.79. The van der Waals surface area contributed by atoms with Crippen molar-refractivity contribution < 1.29 is 0 Å². The van der Waals surface area contributed by atoms with Crippen molar-refractivity contribution in [2.45, 2.75) is 26.7 Å². The van der Waals surface area contributed by atoms with Crippen LogP contribution in [0.4, 0.5) is 0 Å². The molecule has 0 spiro atoms. The summed E-state index contributed by atoms with van der Waals surface area (Å²) in [4.78, 5) is 0. The molecule has 104 valence electrons. The average molecular weight is 272 g/mol. The van der Waals surface area contributed by atoms with Crippen LogP contribution in [0.2, 0.25) is 0 Å². The Bertz CT molecular complexity index is 667. The number of benzene rings is 2. The molecule has 0 fully saturated rings. The molecule has 0 saturated heterocycles. The van der Waals surface area contributed by atoms with Gasteiger partial charge in [0.2, 0.25) is 0 Å². The van der Waals surface area contributed by atoms with Crippen LogP contribution in [0.15, 0.2) is 83.1 Å². The van der Waals surface area contributed by atoms with Gasteiger partial charge < -0.3 is 0 Å². The predicted molar refractivity (Wildman–Crippen MR) is 90.0 cm³/mol. The molecule has 0 atom stereocenters. The molecule has 0 heterocycles. The molecule has 0 unspecified atom stereocenters. The van der Waals surface area contributed by atoms with Crippen molar-refractivity contribution in [2.24, 2.45) is 0 Å². The van der Waals surface area contributed by atoms with Gasteiger partial charge in [0.25, 0.3) is 0 Å². The first-order valence-electron chi connectivity index (χ1n) is 7.49. The van der Waals surface area contributed by atoms with Crippen LogP contribution in [0.3, 0.4) is 0 Å². The minimum absolute atomic E-state index is 1.06. The largest absolute Gasteiger partial charge is 0.112 e. The summed E-state index contributed by atoms with van der Waals surface area (Å²) in [5.41, 5.74) is 11.8. The van der Waals surface area contributed by atoms with E-state index in [2.05, 4.69) is 80.2 Å². The summed E-state index contributed by atoms with van der Waals surface area (Å²) in [5, 5.41) is 0. The summed E-state index contributed by atoms with van der Waals surface area (Å²) in [7, 11) is 0. The first kappa shape index (κ1) is 13.7. The van der Waals surface area contributed by atoms with Crippen molar-refractivity contribution in [1.29, 1.82) is 0 Å². The smallest absolute Gasteiger partial charge is 0.0309 e. The summed E-state index contributed by atoms with van der Waals surface area (Å²) < 4.78 is 0. The Morgan fingerprint density at radius 1 is 0.714 bits per heavy atom. The van der Waals surface area contributed by atoms with Crippen LogP contribution in [0.5, 0.6) is 0 Å². The molecule has 0 radical (unpaired) electrons. The fraction of sp³-hybridized carbons (Fsp3) is 0.190. The summed E-state index contributed by atoms with van der Waals surface area (Å²) in [6, 6.07) is 21.1. The van der Waals surface area contributed by atoms with Crippen molar-refractivity contribution in [1.82, 2.24) is 0 Å². The highest BCUT2D eigenvalue weighted by atomic mass is 14.2. The van der Waals surface area contributed by atoms with E-state index in [1.807, 2.05) is 0 Å². The van der Waals surface area contributed by atoms with Crippen LogP contribution in [0.25, 0.3) is 5.57 Å². The van der Waals surface area contributed by atoms with Crippen molar-refractivity contribution >= 4 is 5.57 Å². The molecule has 0 bridgehead atoms. The molecule has 0 aliphatic heterocycles. The van der Waals surface area contributed by atoms with Crippen LogP contribution >= 0.6 is 0 Å². The first-order chi connectivity index (χ1) is 10.2. The molecule has 0 N–H and O–H groups in total. The van der Waals surface area contributed by atoms with E-state index in [-0.39, 0.29) is 0 Å². The zero-order valence-corrected chi connectivity index (χ0v) is 12.7. The van der Waals surface area contributed by atoms with E-state index >= 15 is 0 Å². The number of allylic oxidation sites excluding steroid dienone is 3. The fourth-order valence-corrected chi connectivity index (χ4v) is 2.79. The molecule has 0 aromatic heterocycles. The van der Waals surface area contributed by atoms with Gasteiger partial charge in [-0.15, -0.1) is 5.73 Å². The lowest BCUT2D eigenvalue weighted by atomic mass is 9.97. The topological polar surface area (TPSA) is 0 Å². The Balaban J connectivity index is 2.13. The van der Waals surface area contributed by atoms with Gasteiger partial charge in [-0.3, -0.25) is 0 Å². The summed E-state index contributed by atoms with van der Waals surface area (Å²) in [6.07, 6.45) is 2.13. The van der Waals surface area contributed by atoms with E-state index in [9.17, 15) is 0 Å². The van der Waals surface area contributed by atoms with Gasteiger partial charge in [-0.25, -0.2) is 0 Å². The van der Waals surface area contributed by atoms with E-state index in [0.717, 1.165) is 12.8 Å². The lowest BCUT2D eigenvalue weighted by molar-refractivity contribution is 1.14. The molecular formula is C21H20. The Morgan fingerprint density at radius 3 is 1.57 bits per heavy atom. The van der Waals surface area contributed by atoms with Crippen molar-refractivity contribution in [3.63, 3.8) is 0 Å². The monoisotopic (exact) mass is 272 g/mol. The molecule has 0 saturated carbocycles. The number of hydrogen-bond donors (Lipinski definition) is 0. The van der Waals surface area contributed by atoms with Gasteiger partial charge >= 0.3 is 0 Å². The summed E-state index contributed by atoms with van der Waals surface area (Å²) in [5.74, 6) is 0. The molecule has 1 aliphatic carbocycles. The van der Waals surface area contributed by atoms with Gasteiger partial charge in [-0.05, 0) is 43.4 Å². The third-order valence-corrected chi connectivity index (χ3v) is 4.11. The highest BCUT2D eigenvalue weighted by molar-refractivity contribution is 5.79. The van der Waals surface area contributed by atoms with Gasteiger partial charge in [0.05, 0.1) is 0 Å². The minimum Gasteiger partial charge on any atom is -0.112 e. The number of rotatable bonds is 2. The van der Waals surface area contributed by atoms with Crippen molar-refractivity contribution in [2.75, 3.05) is 0 Å². The van der Waals surface area contributed by atoms with E-state index in [4.69, 9.17) is 0 Å². The third kappa shape index (κ3) is 3.07. The van der Waals surface area contributed by atoms with Gasteiger partial charge in [-0.1, -0.05) is 71.8 Å². The van der Waals surface area contributed by atoms with Gasteiger partial charge in [0, 0.05) is 5.57 Å². The van der Waals surface area contributed by atoms with Crippen LogP contribution in [0.1, 0.15) is 37.8 Å². The van der Waals surface area contributed by atoms with E-state index in [0.29, 0.717) is 0 Å². The molecule has 3 rings (SSSR count). The molecule has 0 heteroatoms. The first-order valence-corrected chi connectivity index (χ1v) is 7.49. The van der Waals surface area contributed by atoms with Crippen molar-refractivity contribution in [3.8, 4) is 0 Å². The zero-order valence-electron chi connectivity index (χ0n) is 12.7. The molecule has 21 heavy (non-hydrogen) atoms. The van der Waals surface area contributed by atoms with Crippen LogP contribution in [-0.2, 0) is 0 Å². The second-order valence-electron chi connectivity index (χ2n) is 5.75. The van der Waals surface area contributed by atoms with Gasteiger partial charge in [-0.2, -0.15) is 0 Å². The molecule has 2 aromatic rings. The van der Waals surface area contributed by atoms with E-state index in [1.54, 1.807) is 0 Å². The lowest BCUT2D eigenvalue weighted by Gasteiger charge is -2.06. The quantitative estimate of drug-likeness (QED) is 0.480. The second-order valence-corrected chi connectivity index (χ2v) is 5.75. The minimum atomic E-state index is 1.06. The SMILES string of the molecule is CC1=C(C)CC(=C=C(c2ccccc2)c2ccccc2)C1. The van der Waals surface area contributed by atoms with Gasteiger partial charge in [0.1, 0.15) is 0 Å². The Kier molecular flexibility index (Phi) is 3.90. The molecule has 0 nitrogen and oxygen atoms in total. The Labute approximate surface area is 127 Å². The Hall–Kier alpha value is -2.30. The van der Waals surface area contributed by atoms with E-state index < -0.39 is 0 Å². The maximum absolute atomic E-state index is 3.70. The van der Waals surface area contributed by atoms with Crippen LogP contribution < -0.4 is 0 Å². The summed E-state index contributed by atoms with van der Waals surface area (Å²) in [6.45, 7) is 4.46. The predicted octanol–water partition coefficient (Wildman–Crippen LogP) is 5.77. The average Bonchev–Trinajstić information content (AvgIpc) is 2.85. The summed E-state index contributed by atoms with van der Waals surface area (Å²) >= 11 is 0. The zero-order chi connectivity index (χ0) is 14.7. The highest BCUT2D eigenvalue weighted by Gasteiger charge is 2.12. The maximum atomic E-state index is 3.70. The van der Waals surface area contributed by atoms with Crippen LogP contribution in [-0.4, -0.2) is 0 Å². The molecular weight excluding hydrogens is 252 g/mol. The number of hydrogen-bond acceptors (Lipinski definition) is 0. The lowest BCUT2D eigenvalue weighted by Crippen LogP contribution is -1.87. The van der Waals surface area contributed by atoms with Gasteiger partial charge in [0.15, 0.2) is 0 Å². The van der Waals surface area contributed by atoms with E-state index in [1.165, 1.54) is 33.4 Å². The maximum Gasteiger partial charge on any atom is 0.0309 e. The third-order valence-electron chi connectivity index (χ3n) is 4.11. The normalized spacial score (nSPS) is 14.3.